The Morgan fingerprint density at radius 2 is 2.08 bits per heavy atom. The van der Waals surface area contributed by atoms with Crippen LogP contribution < -0.4 is 10.2 Å². The number of nitrogens with one attached hydrogen (secondary N) is 1. The SMILES string of the molecule is Cc1csc(C(CC(C)C)NC(=O)C2CCC(=O)N2c2ccccc2)n1. The standard InChI is InChI=1S/C20H25N3O2S/c1-13(2)11-16(20-21-14(3)12-26-20)22-19(25)17-9-10-18(24)23(17)15-7-5-4-6-8-15/h4-8,12-13,16-17H,9-11H2,1-3H3,(H,22,25). The minimum atomic E-state index is -0.458. The number of hydrogen-bond acceptors (Lipinski definition) is 4. The molecule has 1 aliphatic rings. The molecule has 2 unspecified atom stereocenters. The second-order valence-corrected chi connectivity index (χ2v) is 8.06. The summed E-state index contributed by atoms with van der Waals surface area (Å²) < 4.78 is 0. The van der Waals surface area contributed by atoms with E-state index in [4.69, 9.17) is 0 Å². The highest BCUT2D eigenvalue weighted by molar-refractivity contribution is 7.09. The van der Waals surface area contributed by atoms with Crippen molar-refractivity contribution < 1.29 is 9.59 Å². The lowest BCUT2D eigenvalue weighted by molar-refractivity contribution is -0.124. The van der Waals surface area contributed by atoms with Crippen molar-refractivity contribution in [1.82, 2.24) is 10.3 Å². The van der Waals surface area contributed by atoms with E-state index in [2.05, 4.69) is 24.1 Å². The number of nitrogens with zero attached hydrogens (tertiary/aromatic N) is 2. The predicted molar refractivity (Wildman–Crippen MR) is 104 cm³/mol. The van der Waals surface area contributed by atoms with Crippen molar-refractivity contribution in [2.75, 3.05) is 4.90 Å². The zero-order valence-electron chi connectivity index (χ0n) is 15.4. The molecule has 1 fully saturated rings. The van der Waals surface area contributed by atoms with Crippen LogP contribution in [0.25, 0.3) is 0 Å². The Bertz CT molecular complexity index is 772. The van der Waals surface area contributed by atoms with Gasteiger partial charge in [-0.25, -0.2) is 4.98 Å². The van der Waals surface area contributed by atoms with Crippen LogP contribution >= 0.6 is 11.3 Å². The Morgan fingerprint density at radius 1 is 1.35 bits per heavy atom. The van der Waals surface area contributed by atoms with Crippen molar-refractivity contribution in [2.45, 2.75) is 52.1 Å². The van der Waals surface area contributed by atoms with Crippen LogP contribution in [0.1, 0.15) is 49.9 Å². The average molecular weight is 372 g/mol. The average Bonchev–Trinajstić information content (AvgIpc) is 3.20. The Kier molecular flexibility index (Phi) is 5.71. The van der Waals surface area contributed by atoms with Gasteiger partial charge in [0.1, 0.15) is 11.0 Å². The van der Waals surface area contributed by atoms with Gasteiger partial charge in [0.15, 0.2) is 0 Å². The Labute approximate surface area is 158 Å². The van der Waals surface area contributed by atoms with Crippen LogP contribution in [0.2, 0.25) is 0 Å². The number of para-hydroxylation sites is 1. The van der Waals surface area contributed by atoms with Gasteiger partial charge in [0.2, 0.25) is 11.8 Å². The van der Waals surface area contributed by atoms with Gasteiger partial charge < -0.3 is 5.32 Å². The molecule has 1 saturated heterocycles. The number of amides is 2. The van der Waals surface area contributed by atoms with Gasteiger partial charge in [0, 0.05) is 23.2 Å². The normalized spacial score (nSPS) is 18.4. The maximum atomic E-state index is 13.0. The molecule has 2 heterocycles. The molecule has 5 nitrogen and oxygen atoms in total. The van der Waals surface area contributed by atoms with E-state index in [1.165, 1.54) is 0 Å². The van der Waals surface area contributed by atoms with Gasteiger partial charge >= 0.3 is 0 Å². The molecule has 138 valence electrons. The predicted octanol–water partition coefficient (Wildman–Crippen LogP) is 3.85. The van der Waals surface area contributed by atoms with E-state index in [0.717, 1.165) is 22.8 Å². The molecule has 1 aliphatic heterocycles. The molecule has 0 spiro atoms. The van der Waals surface area contributed by atoms with E-state index < -0.39 is 6.04 Å². The fourth-order valence-corrected chi connectivity index (χ4v) is 4.20. The molecular weight excluding hydrogens is 346 g/mol. The van der Waals surface area contributed by atoms with Gasteiger partial charge in [-0.15, -0.1) is 11.3 Å². The summed E-state index contributed by atoms with van der Waals surface area (Å²) in [4.78, 5) is 31.6. The number of thiazole rings is 1. The van der Waals surface area contributed by atoms with Crippen molar-refractivity contribution in [3.8, 4) is 0 Å². The quantitative estimate of drug-likeness (QED) is 0.839. The lowest BCUT2D eigenvalue weighted by atomic mass is 10.0. The summed E-state index contributed by atoms with van der Waals surface area (Å²) in [6, 6.07) is 8.85. The van der Waals surface area contributed by atoms with Gasteiger partial charge in [-0.1, -0.05) is 32.0 Å². The van der Waals surface area contributed by atoms with E-state index >= 15 is 0 Å². The summed E-state index contributed by atoms with van der Waals surface area (Å²) in [5.74, 6) is 0.333. The number of carbonyl (C=O) groups excluding carboxylic acids is 2. The molecule has 2 amide bonds. The molecule has 26 heavy (non-hydrogen) atoms. The smallest absolute Gasteiger partial charge is 0.243 e. The minimum Gasteiger partial charge on any atom is -0.345 e. The van der Waals surface area contributed by atoms with E-state index in [1.807, 2.05) is 42.6 Å². The molecule has 0 radical (unpaired) electrons. The molecule has 1 N–H and O–H groups in total. The molecule has 3 rings (SSSR count). The van der Waals surface area contributed by atoms with Crippen LogP contribution in [0.15, 0.2) is 35.7 Å². The van der Waals surface area contributed by atoms with Crippen molar-refractivity contribution >= 4 is 28.8 Å². The van der Waals surface area contributed by atoms with Gasteiger partial charge in [-0.3, -0.25) is 14.5 Å². The van der Waals surface area contributed by atoms with Crippen LogP contribution in [-0.2, 0) is 9.59 Å². The number of hydrogen-bond donors (Lipinski definition) is 1. The highest BCUT2D eigenvalue weighted by Crippen LogP contribution is 2.29. The van der Waals surface area contributed by atoms with Gasteiger partial charge in [0.05, 0.1) is 6.04 Å². The van der Waals surface area contributed by atoms with E-state index in [9.17, 15) is 9.59 Å². The van der Waals surface area contributed by atoms with Gasteiger partial charge in [-0.2, -0.15) is 0 Å². The summed E-state index contributed by atoms with van der Waals surface area (Å²) in [5.41, 5.74) is 1.75. The van der Waals surface area contributed by atoms with E-state index in [-0.39, 0.29) is 17.9 Å². The van der Waals surface area contributed by atoms with Crippen molar-refractivity contribution in [3.63, 3.8) is 0 Å². The molecule has 0 aliphatic carbocycles. The Hall–Kier alpha value is -2.21. The first kappa shape index (κ1) is 18.6. The van der Waals surface area contributed by atoms with E-state index in [0.29, 0.717) is 18.8 Å². The molecule has 2 aromatic rings. The van der Waals surface area contributed by atoms with Gasteiger partial charge in [0.25, 0.3) is 0 Å². The third-order valence-corrected chi connectivity index (χ3v) is 5.58. The summed E-state index contributed by atoms with van der Waals surface area (Å²) in [5, 5.41) is 6.09. The number of aromatic nitrogens is 1. The summed E-state index contributed by atoms with van der Waals surface area (Å²) >= 11 is 1.58. The second kappa shape index (κ2) is 7.99. The lowest BCUT2D eigenvalue weighted by Crippen LogP contribution is -2.46. The number of aryl methyl sites for hydroxylation is 1. The maximum absolute atomic E-state index is 13.0. The Morgan fingerprint density at radius 3 is 2.69 bits per heavy atom. The third-order valence-electron chi connectivity index (χ3n) is 4.51. The molecule has 0 saturated carbocycles. The highest BCUT2D eigenvalue weighted by atomic mass is 32.1. The summed E-state index contributed by atoms with van der Waals surface area (Å²) in [6.45, 7) is 6.23. The second-order valence-electron chi connectivity index (χ2n) is 7.17. The zero-order valence-corrected chi connectivity index (χ0v) is 16.3. The van der Waals surface area contributed by atoms with Crippen LogP contribution in [0.5, 0.6) is 0 Å². The lowest BCUT2D eigenvalue weighted by Gasteiger charge is -2.26. The van der Waals surface area contributed by atoms with Crippen LogP contribution in [0.3, 0.4) is 0 Å². The fourth-order valence-electron chi connectivity index (χ4n) is 3.34. The molecule has 2 atom stereocenters. The highest BCUT2D eigenvalue weighted by Gasteiger charge is 2.38. The number of benzene rings is 1. The monoisotopic (exact) mass is 371 g/mol. The molecule has 0 bridgehead atoms. The first-order valence-corrected chi connectivity index (χ1v) is 9.93. The first-order chi connectivity index (χ1) is 12.5. The van der Waals surface area contributed by atoms with Gasteiger partial charge in [-0.05, 0) is 37.8 Å². The summed E-state index contributed by atoms with van der Waals surface area (Å²) in [6.07, 6.45) is 1.77. The first-order valence-electron chi connectivity index (χ1n) is 9.05. The fraction of sp³-hybridized carbons (Fsp3) is 0.450. The van der Waals surface area contributed by atoms with Crippen LogP contribution in [0.4, 0.5) is 5.69 Å². The van der Waals surface area contributed by atoms with Crippen molar-refractivity contribution in [1.29, 1.82) is 0 Å². The van der Waals surface area contributed by atoms with Crippen LogP contribution in [-0.4, -0.2) is 22.8 Å². The van der Waals surface area contributed by atoms with Crippen molar-refractivity contribution in [3.05, 3.63) is 46.4 Å². The van der Waals surface area contributed by atoms with E-state index in [1.54, 1.807) is 16.2 Å². The molecular formula is C20H25N3O2S. The Balaban J connectivity index is 1.79. The minimum absolute atomic E-state index is 0.00172. The molecule has 1 aromatic heterocycles. The van der Waals surface area contributed by atoms with Crippen molar-refractivity contribution in [2.24, 2.45) is 5.92 Å². The third kappa shape index (κ3) is 4.12. The van der Waals surface area contributed by atoms with Crippen LogP contribution in [0, 0.1) is 12.8 Å². The zero-order chi connectivity index (χ0) is 18.7. The number of carbonyl (C=O) groups is 2. The number of anilines is 1. The molecule has 6 heteroatoms. The maximum Gasteiger partial charge on any atom is 0.243 e. The largest absolute Gasteiger partial charge is 0.345 e. The molecule has 1 aromatic carbocycles. The number of rotatable bonds is 6. The summed E-state index contributed by atoms with van der Waals surface area (Å²) in [7, 11) is 0. The topological polar surface area (TPSA) is 62.3 Å².